The Labute approximate surface area is 101 Å². The van der Waals surface area contributed by atoms with Gasteiger partial charge in [0, 0.05) is 17.9 Å². The molecule has 4 nitrogen and oxygen atoms in total. The highest BCUT2D eigenvalue weighted by molar-refractivity contribution is 7.99. The molecule has 1 rings (SSSR count). The summed E-state index contributed by atoms with van der Waals surface area (Å²) in [7, 11) is 1.61. The standard InChI is InChI=1S/C11H19N3OS/c1-8(16-4)5-6-12-10-7-11(15-3)14-9(2)13-10/h7-8H,5-6H2,1-4H3,(H,12,13,14). The van der Waals surface area contributed by atoms with E-state index in [1.165, 1.54) is 0 Å². The highest BCUT2D eigenvalue weighted by Gasteiger charge is 2.02. The number of hydrogen-bond acceptors (Lipinski definition) is 5. The van der Waals surface area contributed by atoms with Crippen LogP contribution in [-0.4, -0.2) is 35.1 Å². The van der Waals surface area contributed by atoms with Crippen LogP contribution in [0, 0.1) is 6.92 Å². The molecule has 1 unspecified atom stereocenters. The number of aromatic nitrogens is 2. The van der Waals surface area contributed by atoms with Crippen molar-refractivity contribution in [1.29, 1.82) is 0 Å². The zero-order valence-corrected chi connectivity index (χ0v) is 11.1. The number of anilines is 1. The Kier molecular flexibility index (Phi) is 5.38. The molecule has 0 spiro atoms. The number of nitrogens with one attached hydrogen (secondary N) is 1. The number of ether oxygens (including phenoxy) is 1. The molecule has 0 aromatic carbocycles. The molecule has 1 aromatic rings. The predicted octanol–water partition coefficient (Wildman–Crippen LogP) is 2.35. The maximum Gasteiger partial charge on any atom is 0.218 e. The van der Waals surface area contributed by atoms with E-state index in [4.69, 9.17) is 4.74 Å². The summed E-state index contributed by atoms with van der Waals surface area (Å²) in [5.74, 6) is 2.16. The minimum atomic E-state index is 0.605. The van der Waals surface area contributed by atoms with Crippen molar-refractivity contribution >= 4 is 17.6 Å². The van der Waals surface area contributed by atoms with E-state index in [0.29, 0.717) is 11.1 Å². The third-order valence-corrected chi connectivity index (χ3v) is 3.32. The van der Waals surface area contributed by atoms with Crippen LogP contribution in [-0.2, 0) is 0 Å². The monoisotopic (exact) mass is 241 g/mol. The van der Waals surface area contributed by atoms with Gasteiger partial charge in [-0.15, -0.1) is 0 Å². The van der Waals surface area contributed by atoms with Gasteiger partial charge in [-0.05, 0) is 19.6 Å². The lowest BCUT2D eigenvalue weighted by molar-refractivity contribution is 0.396. The van der Waals surface area contributed by atoms with Gasteiger partial charge in [-0.3, -0.25) is 0 Å². The van der Waals surface area contributed by atoms with Gasteiger partial charge in [0.25, 0.3) is 0 Å². The van der Waals surface area contributed by atoms with Gasteiger partial charge in [0.2, 0.25) is 5.88 Å². The molecule has 16 heavy (non-hydrogen) atoms. The number of aryl methyl sites for hydroxylation is 1. The van der Waals surface area contributed by atoms with E-state index in [-0.39, 0.29) is 0 Å². The molecule has 0 aliphatic carbocycles. The summed E-state index contributed by atoms with van der Waals surface area (Å²) in [6.07, 6.45) is 3.25. The van der Waals surface area contributed by atoms with E-state index in [2.05, 4.69) is 28.5 Å². The van der Waals surface area contributed by atoms with E-state index in [9.17, 15) is 0 Å². The van der Waals surface area contributed by atoms with Crippen molar-refractivity contribution < 1.29 is 4.74 Å². The lowest BCUT2D eigenvalue weighted by Gasteiger charge is -2.10. The van der Waals surface area contributed by atoms with Crippen molar-refractivity contribution in [3.8, 4) is 5.88 Å². The topological polar surface area (TPSA) is 47.0 Å². The Hall–Kier alpha value is -0.970. The van der Waals surface area contributed by atoms with E-state index in [1.807, 2.05) is 24.8 Å². The molecule has 0 aliphatic heterocycles. The largest absolute Gasteiger partial charge is 0.481 e. The van der Waals surface area contributed by atoms with Crippen molar-refractivity contribution in [1.82, 2.24) is 9.97 Å². The fraction of sp³-hybridized carbons (Fsp3) is 0.636. The fourth-order valence-corrected chi connectivity index (χ4v) is 1.61. The first-order valence-electron chi connectivity index (χ1n) is 5.32. The third-order valence-electron chi connectivity index (χ3n) is 2.28. The molecule has 0 saturated carbocycles. The van der Waals surface area contributed by atoms with Crippen LogP contribution in [0.25, 0.3) is 0 Å². The fourth-order valence-electron chi connectivity index (χ4n) is 1.26. The second-order valence-corrected chi connectivity index (χ2v) is 4.88. The Balaban J connectivity index is 2.50. The maximum atomic E-state index is 5.09. The Morgan fingerprint density at radius 3 is 2.88 bits per heavy atom. The second-order valence-electron chi connectivity index (χ2n) is 3.60. The predicted molar refractivity (Wildman–Crippen MR) is 69.4 cm³/mol. The minimum absolute atomic E-state index is 0.605. The van der Waals surface area contributed by atoms with Crippen molar-refractivity contribution in [3.05, 3.63) is 11.9 Å². The van der Waals surface area contributed by atoms with Crippen molar-refractivity contribution in [2.24, 2.45) is 0 Å². The molecular formula is C11H19N3OS. The van der Waals surface area contributed by atoms with Crippen LogP contribution in [0.15, 0.2) is 6.07 Å². The highest BCUT2D eigenvalue weighted by Crippen LogP contribution is 2.14. The molecule has 1 atom stereocenters. The molecule has 0 amide bonds. The molecule has 1 aromatic heterocycles. The van der Waals surface area contributed by atoms with Gasteiger partial charge in [-0.25, -0.2) is 4.98 Å². The number of hydrogen-bond donors (Lipinski definition) is 1. The molecule has 0 radical (unpaired) electrons. The summed E-state index contributed by atoms with van der Waals surface area (Å²) in [6.45, 7) is 5.00. The van der Waals surface area contributed by atoms with Gasteiger partial charge in [-0.2, -0.15) is 16.7 Å². The van der Waals surface area contributed by atoms with Crippen molar-refractivity contribution in [2.75, 3.05) is 25.2 Å². The van der Waals surface area contributed by atoms with Crippen LogP contribution in [0.5, 0.6) is 5.88 Å². The van der Waals surface area contributed by atoms with Gasteiger partial charge in [-0.1, -0.05) is 6.92 Å². The summed E-state index contributed by atoms with van der Waals surface area (Å²) in [5, 5.41) is 3.95. The normalized spacial score (nSPS) is 12.2. The van der Waals surface area contributed by atoms with Gasteiger partial charge >= 0.3 is 0 Å². The number of methoxy groups -OCH3 is 1. The summed E-state index contributed by atoms with van der Waals surface area (Å²) >= 11 is 1.87. The van der Waals surface area contributed by atoms with Gasteiger partial charge < -0.3 is 10.1 Å². The summed E-state index contributed by atoms with van der Waals surface area (Å²) in [4.78, 5) is 8.43. The average molecular weight is 241 g/mol. The Bertz CT molecular complexity index is 333. The minimum Gasteiger partial charge on any atom is -0.481 e. The molecule has 0 saturated heterocycles. The molecule has 0 aliphatic rings. The average Bonchev–Trinajstić information content (AvgIpc) is 2.28. The van der Waals surface area contributed by atoms with Gasteiger partial charge in [0.05, 0.1) is 7.11 Å². The van der Waals surface area contributed by atoms with E-state index in [0.717, 1.165) is 24.6 Å². The number of rotatable bonds is 6. The van der Waals surface area contributed by atoms with Crippen molar-refractivity contribution in [3.63, 3.8) is 0 Å². The molecule has 0 fully saturated rings. The highest BCUT2D eigenvalue weighted by atomic mass is 32.2. The maximum absolute atomic E-state index is 5.09. The first-order valence-corrected chi connectivity index (χ1v) is 6.61. The summed E-state index contributed by atoms with van der Waals surface area (Å²) in [5.41, 5.74) is 0. The van der Waals surface area contributed by atoms with Gasteiger partial charge in [0.1, 0.15) is 11.6 Å². The van der Waals surface area contributed by atoms with E-state index < -0.39 is 0 Å². The first kappa shape index (κ1) is 13.1. The number of thioether (sulfide) groups is 1. The van der Waals surface area contributed by atoms with Crippen LogP contribution in [0.2, 0.25) is 0 Å². The molecule has 90 valence electrons. The Morgan fingerprint density at radius 1 is 1.50 bits per heavy atom. The van der Waals surface area contributed by atoms with E-state index >= 15 is 0 Å². The van der Waals surface area contributed by atoms with Crippen LogP contribution >= 0.6 is 11.8 Å². The SMILES string of the molecule is COc1cc(NCCC(C)SC)nc(C)n1. The third kappa shape index (κ3) is 4.26. The zero-order chi connectivity index (χ0) is 12.0. The lowest BCUT2D eigenvalue weighted by atomic mass is 10.3. The van der Waals surface area contributed by atoms with Crippen LogP contribution in [0.1, 0.15) is 19.2 Å². The van der Waals surface area contributed by atoms with E-state index in [1.54, 1.807) is 7.11 Å². The van der Waals surface area contributed by atoms with Crippen LogP contribution < -0.4 is 10.1 Å². The van der Waals surface area contributed by atoms with Crippen LogP contribution in [0.3, 0.4) is 0 Å². The molecule has 0 bridgehead atoms. The first-order chi connectivity index (χ1) is 7.65. The van der Waals surface area contributed by atoms with Crippen molar-refractivity contribution in [2.45, 2.75) is 25.5 Å². The quantitative estimate of drug-likeness (QED) is 0.828. The van der Waals surface area contributed by atoms with Crippen LogP contribution in [0.4, 0.5) is 5.82 Å². The molecule has 1 heterocycles. The summed E-state index contributed by atoms with van der Waals surface area (Å²) in [6, 6.07) is 1.82. The molecule has 5 heteroatoms. The zero-order valence-electron chi connectivity index (χ0n) is 10.3. The molecule has 1 N–H and O–H groups in total. The number of nitrogens with zero attached hydrogens (tertiary/aromatic N) is 2. The summed E-state index contributed by atoms with van der Waals surface area (Å²) < 4.78 is 5.09. The van der Waals surface area contributed by atoms with Gasteiger partial charge in [0.15, 0.2) is 0 Å². The Morgan fingerprint density at radius 2 is 2.25 bits per heavy atom. The second kappa shape index (κ2) is 6.58. The lowest BCUT2D eigenvalue weighted by Crippen LogP contribution is -2.09. The smallest absolute Gasteiger partial charge is 0.218 e. The molecular weight excluding hydrogens is 222 g/mol.